The number of carbonyl (C=O) groups is 3. The first-order valence-corrected chi connectivity index (χ1v) is 11.4. The lowest BCUT2D eigenvalue weighted by Crippen LogP contribution is -2.36. The molecule has 3 amide bonds. The molecule has 0 unspecified atom stereocenters. The van der Waals surface area contributed by atoms with Crippen LogP contribution in [0.15, 0.2) is 29.4 Å². The number of rotatable bonds is 6. The van der Waals surface area contributed by atoms with Gasteiger partial charge in [0.15, 0.2) is 5.75 Å². The van der Waals surface area contributed by atoms with Crippen LogP contribution < -0.4 is 20.8 Å². The van der Waals surface area contributed by atoms with Crippen molar-refractivity contribution < 1.29 is 23.9 Å². The first-order chi connectivity index (χ1) is 16.7. The predicted octanol–water partition coefficient (Wildman–Crippen LogP) is 4.99. The average Bonchev–Trinajstić information content (AvgIpc) is 3.54. The average molecular weight is 537 g/mol. The third-order valence-corrected chi connectivity index (χ3v) is 6.27. The Kier molecular flexibility index (Phi) is 6.76. The first kappa shape index (κ1) is 24.6. The number of hydrazone groups is 1. The van der Waals surface area contributed by atoms with E-state index >= 15 is 0 Å². The Morgan fingerprint density at radius 3 is 2.51 bits per heavy atom. The maximum atomic E-state index is 12.3. The van der Waals surface area contributed by atoms with Crippen LogP contribution in [0, 0.1) is 11.3 Å². The second-order valence-corrected chi connectivity index (χ2v) is 8.76. The van der Waals surface area contributed by atoms with E-state index in [1.165, 1.54) is 12.1 Å². The summed E-state index contributed by atoms with van der Waals surface area (Å²) in [6, 6.07) is 7.68. The molecule has 35 heavy (non-hydrogen) atoms. The smallest absolute Gasteiger partial charge is 0.414 e. The number of nitriles is 1. The molecule has 1 heterocycles. The van der Waals surface area contributed by atoms with Crippen molar-refractivity contribution >= 4 is 69.8 Å². The summed E-state index contributed by atoms with van der Waals surface area (Å²) < 4.78 is 10.5. The molecule has 4 rings (SSSR count). The highest BCUT2D eigenvalue weighted by atomic mass is 35.5. The topological polar surface area (TPSA) is 142 Å². The van der Waals surface area contributed by atoms with Gasteiger partial charge in [-0.15, -0.1) is 0 Å². The fourth-order valence-corrected chi connectivity index (χ4v) is 4.51. The molecule has 2 aromatic carbocycles. The van der Waals surface area contributed by atoms with Crippen molar-refractivity contribution in [2.45, 2.75) is 25.2 Å². The molecule has 180 valence electrons. The van der Waals surface area contributed by atoms with E-state index in [1.54, 1.807) is 25.1 Å². The van der Waals surface area contributed by atoms with Gasteiger partial charge in [0.05, 0.1) is 32.8 Å². The van der Waals surface area contributed by atoms with Crippen LogP contribution in [-0.4, -0.2) is 30.2 Å². The second kappa shape index (κ2) is 9.62. The van der Waals surface area contributed by atoms with Gasteiger partial charge in [-0.3, -0.25) is 20.3 Å². The first-order valence-electron chi connectivity index (χ1n) is 10.2. The summed E-state index contributed by atoms with van der Waals surface area (Å²) in [5, 5.41) is 18.0. The minimum Gasteiger partial charge on any atom is -0.453 e. The molecule has 0 bridgehead atoms. The Bertz CT molecular complexity index is 1310. The van der Waals surface area contributed by atoms with Crippen molar-refractivity contribution in [1.29, 1.82) is 5.26 Å². The van der Waals surface area contributed by atoms with Crippen LogP contribution in [0.1, 0.15) is 25.3 Å². The normalized spacial score (nSPS) is 15.1. The molecule has 1 aliphatic heterocycles. The van der Waals surface area contributed by atoms with Gasteiger partial charge >= 0.3 is 6.09 Å². The number of fused-ring (bicyclic) bond motifs is 2. The van der Waals surface area contributed by atoms with Crippen LogP contribution in [0.5, 0.6) is 11.5 Å². The molecule has 1 aliphatic carbocycles. The fourth-order valence-electron chi connectivity index (χ4n) is 3.56. The van der Waals surface area contributed by atoms with Crippen LogP contribution in [0.3, 0.4) is 0 Å². The van der Waals surface area contributed by atoms with Gasteiger partial charge in [0.2, 0.25) is 11.6 Å². The number of alkyl carbamates (subject to hydrolysis) is 1. The van der Waals surface area contributed by atoms with Gasteiger partial charge in [-0.1, -0.05) is 34.8 Å². The lowest BCUT2D eigenvalue weighted by atomic mass is 9.97. The van der Waals surface area contributed by atoms with Crippen LogP contribution in [-0.2, 0) is 19.7 Å². The van der Waals surface area contributed by atoms with Gasteiger partial charge < -0.3 is 14.8 Å². The molecular weight excluding hydrogens is 521 g/mol. The highest BCUT2D eigenvalue weighted by molar-refractivity contribution is 6.47. The minimum atomic E-state index is -1.05. The number of imide groups is 1. The molecule has 10 nitrogen and oxygen atoms in total. The van der Waals surface area contributed by atoms with E-state index in [1.807, 2.05) is 5.32 Å². The number of nitrogens with zero attached hydrogens (tertiary/aromatic N) is 2. The molecule has 0 saturated heterocycles. The molecule has 1 saturated carbocycles. The van der Waals surface area contributed by atoms with Crippen molar-refractivity contribution in [1.82, 2.24) is 5.32 Å². The molecule has 0 aromatic heterocycles. The SMILES string of the molecule is CCOC(=O)NC(=O)C(C#N)=NNc1cc(Cl)c(Oc2ccc3c(c2Cl)C2(CC2)C(=O)N3)c(Cl)c1. The summed E-state index contributed by atoms with van der Waals surface area (Å²) in [6.45, 7) is 1.61. The van der Waals surface area contributed by atoms with Crippen molar-refractivity contribution in [3.8, 4) is 17.6 Å². The molecule has 1 fully saturated rings. The third-order valence-electron chi connectivity index (χ3n) is 5.34. The number of halogens is 3. The summed E-state index contributed by atoms with van der Waals surface area (Å²) >= 11 is 19.3. The highest BCUT2D eigenvalue weighted by Gasteiger charge is 2.57. The predicted molar refractivity (Wildman–Crippen MR) is 129 cm³/mol. The summed E-state index contributed by atoms with van der Waals surface area (Å²) in [7, 11) is 0. The van der Waals surface area contributed by atoms with Crippen LogP contribution >= 0.6 is 34.8 Å². The number of ether oxygens (including phenoxy) is 2. The van der Waals surface area contributed by atoms with Crippen molar-refractivity contribution in [2.24, 2.45) is 5.10 Å². The van der Waals surface area contributed by atoms with E-state index < -0.39 is 23.1 Å². The number of anilines is 2. The van der Waals surface area contributed by atoms with Crippen molar-refractivity contribution in [3.05, 3.63) is 44.9 Å². The molecule has 2 aliphatic rings. The van der Waals surface area contributed by atoms with Gasteiger partial charge in [-0.05, 0) is 44.0 Å². The lowest BCUT2D eigenvalue weighted by Gasteiger charge is -2.15. The zero-order valence-electron chi connectivity index (χ0n) is 18.0. The fraction of sp³-hybridized carbons (Fsp3) is 0.227. The highest BCUT2D eigenvalue weighted by Crippen LogP contribution is 2.59. The molecule has 2 aromatic rings. The largest absolute Gasteiger partial charge is 0.453 e. The Morgan fingerprint density at radius 1 is 1.23 bits per heavy atom. The number of amides is 3. The van der Waals surface area contributed by atoms with Crippen LogP contribution in [0.2, 0.25) is 15.1 Å². The summed E-state index contributed by atoms with van der Waals surface area (Å²) in [4.78, 5) is 35.6. The van der Waals surface area contributed by atoms with E-state index in [0.29, 0.717) is 29.1 Å². The summed E-state index contributed by atoms with van der Waals surface area (Å²) in [6.07, 6.45) is 0.408. The van der Waals surface area contributed by atoms with Crippen molar-refractivity contribution in [3.63, 3.8) is 0 Å². The van der Waals surface area contributed by atoms with Crippen LogP contribution in [0.25, 0.3) is 0 Å². The molecule has 0 radical (unpaired) electrons. The zero-order valence-corrected chi connectivity index (χ0v) is 20.3. The Labute approximate surface area is 214 Å². The molecule has 3 N–H and O–H groups in total. The van der Waals surface area contributed by atoms with Gasteiger partial charge in [0, 0.05) is 11.3 Å². The molecular formula is C22H16Cl3N5O5. The number of carbonyl (C=O) groups excluding carboxylic acids is 3. The van der Waals surface area contributed by atoms with E-state index in [2.05, 4.69) is 20.6 Å². The number of benzene rings is 2. The molecule has 13 heteroatoms. The Hall–Kier alpha value is -3.52. The zero-order chi connectivity index (χ0) is 25.3. The number of nitrogens with one attached hydrogen (secondary N) is 3. The number of hydrogen-bond donors (Lipinski definition) is 3. The Balaban J connectivity index is 1.53. The summed E-state index contributed by atoms with van der Waals surface area (Å²) in [5.74, 6) is -0.750. The van der Waals surface area contributed by atoms with Crippen molar-refractivity contribution in [2.75, 3.05) is 17.3 Å². The quantitative estimate of drug-likeness (QED) is 0.349. The summed E-state index contributed by atoms with van der Waals surface area (Å²) in [5.41, 5.74) is 2.83. The third kappa shape index (κ3) is 4.71. The molecule has 0 atom stereocenters. The maximum absolute atomic E-state index is 12.3. The minimum absolute atomic E-state index is 0.0500. The van der Waals surface area contributed by atoms with E-state index in [4.69, 9.17) is 44.8 Å². The van der Waals surface area contributed by atoms with Gasteiger partial charge in [-0.2, -0.15) is 10.4 Å². The number of hydrogen-bond acceptors (Lipinski definition) is 8. The van der Waals surface area contributed by atoms with Gasteiger partial charge in [0.1, 0.15) is 11.8 Å². The van der Waals surface area contributed by atoms with Crippen LogP contribution in [0.4, 0.5) is 16.2 Å². The molecule has 1 spiro atoms. The van der Waals surface area contributed by atoms with E-state index in [0.717, 1.165) is 0 Å². The van der Waals surface area contributed by atoms with Gasteiger partial charge in [-0.25, -0.2) is 4.79 Å². The maximum Gasteiger partial charge on any atom is 0.414 e. The second-order valence-electron chi connectivity index (χ2n) is 7.57. The van der Waals surface area contributed by atoms with Gasteiger partial charge in [0.25, 0.3) is 5.91 Å². The van der Waals surface area contributed by atoms with E-state index in [-0.39, 0.29) is 39.7 Å². The Morgan fingerprint density at radius 2 is 1.91 bits per heavy atom. The standard InChI is InChI=1S/C22H16Cl3N5O5/c1-2-34-21(33)28-19(31)14(9-26)30-29-10-7-11(23)18(12(24)8-10)35-15-4-3-13-16(17(15)25)22(5-6-22)20(32)27-13/h3-4,7-8,29H,2,5-6H2,1H3,(H,27,32)(H,28,31,33). The van der Waals surface area contributed by atoms with E-state index in [9.17, 15) is 14.4 Å². The lowest BCUT2D eigenvalue weighted by molar-refractivity contribution is -0.118. The monoisotopic (exact) mass is 535 g/mol.